The van der Waals surface area contributed by atoms with Gasteiger partial charge in [-0.1, -0.05) is 77.1 Å². The zero-order valence-electron chi connectivity index (χ0n) is 39.1. The van der Waals surface area contributed by atoms with Gasteiger partial charge in [0.2, 0.25) is 11.7 Å². The molecule has 3 aromatic rings. The number of H-pyrrole nitrogens is 1. The molecule has 2 heterocycles. The van der Waals surface area contributed by atoms with Gasteiger partial charge in [-0.3, -0.25) is 9.59 Å². The van der Waals surface area contributed by atoms with Crippen molar-refractivity contribution in [3.05, 3.63) is 84.3 Å². The molecule has 0 radical (unpaired) electrons. The summed E-state index contributed by atoms with van der Waals surface area (Å²) in [6.45, 7) is 23.9. The largest absolute Gasteiger partial charge is 0.458 e. The number of likely N-dealkylation sites (tertiary alicyclic amines) is 1. The van der Waals surface area contributed by atoms with E-state index in [9.17, 15) is 9.59 Å². The third kappa shape index (κ3) is 6.90. The van der Waals surface area contributed by atoms with Gasteiger partial charge in [0.05, 0.1) is 28.9 Å². The Morgan fingerprint density at radius 2 is 1.60 bits per heavy atom. The quantitative estimate of drug-likeness (QED) is 0.0935. The molecule has 6 fully saturated rings. The van der Waals surface area contributed by atoms with E-state index in [1.165, 1.54) is 12.0 Å². The Bertz CT molecular complexity index is 2230. The second-order valence-corrected chi connectivity index (χ2v) is 22.5. The van der Waals surface area contributed by atoms with Crippen molar-refractivity contribution in [2.75, 3.05) is 6.54 Å². The molecule has 2 aromatic carbocycles. The van der Waals surface area contributed by atoms with Gasteiger partial charge in [0.15, 0.2) is 0 Å². The van der Waals surface area contributed by atoms with Crippen LogP contribution in [0.15, 0.2) is 72.9 Å². The predicted octanol–water partition coefficient (Wildman–Crippen LogP) is 11.9. The van der Waals surface area contributed by atoms with E-state index in [4.69, 9.17) is 19.2 Å². The van der Waals surface area contributed by atoms with E-state index in [2.05, 4.69) is 82.3 Å². The summed E-state index contributed by atoms with van der Waals surface area (Å²) in [6.07, 6.45) is 14.2. The molecule has 0 unspecified atom stereocenters. The number of esters is 1. The van der Waals surface area contributed by atoms with Gasteiger partial charge in [-0.15, -0.1) is 0 Å². The van der Waals surface area contributed by atoms with Crippen molar-refractivity contribution in [1.29, 1.82) is 0 Å². The number of aromatic amines is 1. The Hall–Kier alpha value is -4.40. The number of hydrogen-bond acceptors (Lipinski definition) is 7. The van der Waals surface area contributed by atoms with Crippen LogP contribution in [0.25, 0.3) is 11.3 Å². The monoisotopic (exact) mass is 858 g/mol. The van der Waals surface area contributed by atoms with Crippen molar-refractivity contribution in [2.45, 2.75) is 150 Å². The van der Waals surface area contributed by atoms with E-state index in [-0.39, 0.29) is 45.2 Å². The van der Waals surface area contributed by atoms with E-state index in [1.54, 1.807) is 38.1 Å². The van der Waals surface area contributed by atoms with E-state index < -0.39 is 5.79 Å². The molecule has 5 aliphatic carbocycles. The number of fused-ring (bicyclic) bond motifs is 7. The Morgan fingerprint density at radius 3 is 2.32 bits per heavy atom. The molecule has 6 aliphatic rings. The van der Waals surface area contributed by atoms with Gasteiger partial charge in [0.25, 0.3) is 6.47 Å². The maximum atomic E-state index is 15.6. The summed E-state index contributed by atoms with van der Waals surface area (Å²) in [4.78, 5) is 51.0. The number of imidazole rings is 1. The number of nitrogens with zero attached hydrogens (tertiary/aromatic N) is 2. The molecule has 1 aliphatic heterocycles. The Labute approximate surface area is 375 Å². The molecule has 1 amide bonds. The molecular formula is C54H71N3O6. The lowest BCUT2D eigenvalue weighted by atomic mass is 9.32. The number of amides is 1. The maximum Gasteiger partial charge on any atom is 0.338 e. The molecule has 1 saturated heterocycles. The average Bonchev–Trinajstić information content (AvgIpc) is 4.02. The first kappa shape index (κ1) is 43.8. The Kier molecular flexibility index (Phi) is 10.9. The van der Waals surface area contributed by atoms with Crippen LogP contribution in [-0.4, -0.2) is 51.7 Å². The van der Waals surface area contributed by atoms with E-state index >= 15 is 4.79 Å². The average molecular weight is 858 g/mol. The van der Waals surface area contributed by atoms with Crippen LogP contribution < -0.4 is 4.74 Å². The van der Waals surface area contributed by atoms with E-state index in [0.717, 1.165) is 94.3 Å². The summed E-state index contributed by atoms with van der Waals surface area (Å²) in [7, 11) is 0. The highest BCUT2D eigenvalue weighted by molar-refractivity contribution is 5.89. The van der Waals surface area contributed by atoms with Gasteiger partial charge in [-0.25, -0.2) is 9.78 Å². The van der Waals surface area contributed by atoms with Crippen LogP contribution in [0.5, 0.6) is 5.75 Å². The highest BCUT2D eigenvalue weighted by Crippen LogP contribution is 2.78. The zero-order valence-corrected chi connectivity index (χ0v) is 39.1. The Balaban J connectivity index is 0.940. The minimum Gasteiger partial charge on any atom is -0.458 e. The predicted molar refractivity (Wildman–Crippen MR) is 244 cm³/mol. The van der Waals surface area contributed by atoms with Crippen LogP contribution in [0.2, 0.25) is 0 Å². The minimum absolute atomic E-state index is 0.0216. The molecular weight excluding hydrogens is 787 g/mol. The van der Waals surface area contributed by atoms with Crippen molar-refractivity contribution < 1.29 is 28.6 Å². The van der Waals surface area contributed by atoms with Crippen molar-refractivity contribution in [1.82, 2.24) is 14.9 Å². The second kappa shape index (κ2) is 15.6. The number of carbonyl (C=O) groups excluding carboxylic acids is 3. The first-order valence-corrected chi connectivity index (χ1v) is 24.1. The topological polar surface area (TPSA) is 111 Å². The fraction of sp³-hybridized carbons (Fsp3) is 0.630. The lowest BCUT2D eigenvalue weighted by molar-refractivity contribution is -0.247. The number of allylic oxidation sites excluding steroid dienone is 1. The molecule has 63 heavy (non-hydrogen) atoms. The van der Waals surface area contributed by atoms with Gasteiger partial charge >= 0.3 is 5.97 Å². The number of benzene rings is 2. The number of nitrogens with one attached hydrogen (secondary N) is 1. The molecule has 5 saturated carbocycles. The summed E-state index contributed by atoms with van der Waals surface area (Å²) in [5.74, 6) is 2.45. The molecule has 9 heteroatoms. The van der Waals surface area contributed by atoms with Crippen LogP contribution in [0.1, 0.15) is 155 Å². The van der Waals surface area contributed by atoms with Crippen LogP contribution >= 0.6 is 0 Å². The van der Waals surface area contributed by atoms with Gasteiger partial charge in [-0.05, 0) is 160 Å². The van der Waals surface area contributed by atoms with Crippen molar-refractivity contribution >= 4 is 18.3 Å². The summed E-state index contributed by atoms with van der Waals surface area (Å²) >= 11 is 0. The third-order valence-electron chi connectivity index (χ3n) is 19.0. The minimum atomic E-state index is -1.12. The number of ether oxygens (including phenoxy) is 3. The lowest BCUT2D eigenvalue weighted by Crippen LogP contribution is -2.67. The third-order valence-corrected chi connectivity index (χ3v) is 19.0. The summed E-state index contributed by atoms with van der Waals surface area (Å²) in [6, 6.07) is 17.2. The number of aromatic nitrogens is 2. The number of rotatable bonds is 10. The Morgan fingerprint density at radius 1 is 0.857 bits per heavy atom. The van der Waals surface area contributed by atoms with Gasteiger partial charge in [0, 0.05) is 25.8 Å². The van der Waals surface area contributed by atoms with Gasteiger partial charge < -0.3 is 24.1 Å². The first-order chi connectivity index (χ1) is 29.9. The molecule has 0 bridgehead atoms. The maximum absolute atomic E-state index is 15.6. The van der Waals surface area contributed by atoms with Crippen LogP contribution in [0.4, 0.5) is 0 Å². The van der Waals surface area contributed by atoms with E-state index in [0.29, 0.717) is 53.3 Å². The summed E-state index contributed by atoms with van der Waals surface area (Å²) < 4.78 is 17.3. The second-order valence-electron chi connectivity index (χ2n) is 22.5. The number of hydrogen-bond donors (Lipinski definition) is 1. The van der Waals surface area contributed by atoms with E-state index in [1.807, 2.05) is 12.3 Å². The fourth-order valence-electron chi connectivity index (χ4n) is 15.8. The molecule has 338 valence electrons. The summed E-state index contributed by atoms with van der Waals surface area (Å²) in [5.41, 5.74) is 3.63. The normalized spacial score (nSPS) is 36.8. The van der Waals surface area contributed by atoms with Crippen molar-refractivity contribution in [2.24, 2.45) is 56.7 Å². The van der Waals surface area contributed by atoms with Crippen molar-refractivity contribution in [3.63, 3.8) is 0 Å². The standard InChI is InChI=1S/C54H71N3O6/c1-34(2)38-23-28-54(48(60)57-31-13-16-41(57)46-55-32-40(56-46)35-14-11-10-12-15-35)30-29-52(8)39(45(38)54)21-22-43-51(7)26-25-44(49(3,4)42(51)24-27-53(43,52)9)62-47(59)36-17-19-37(20-18-36)63-50(5,6)61-33-58/h10-12,14-15,17-20,32-33,38-39,41-45H,1,13,16,21-31H2,2-9H3,(H,55,56)/t38-,39+,41-,42-,43+,44-,45+,51-,52+,53+,54-/m0/s1. The fourth-order valence-corrected chi connectivity index (χ4v) is 15.8. The van der Waals surface area contributed by atoms with Gasteiger partial charge in [-0.2, -0.15) is 0 Å². The molecule has 9 nitrogen and oxygen atoms in total. The molecule has 11 atom stereocenters. The molecule has 1 N–H and O–H groups in total. The van der Waals surface area contributed by atoms with Crippen LogP contribution in [-0.2, 0) is 19.1 Å². The number of carbonyl (C=O) groups is 3. The van der Waals surface area contributed by atoms with Crippen LogP contribution in [0.3, 0.4) is 0 Å². The molecule has 0 spiro atoms. The first-order valence-electron chi connectivity index (χ1n) is 24.1. The van der Waals surface area contributed by atoms with Crippen molar-refractivity contribution in [3.8, 4) is 17.0 Å². The smallest absolute Gasteiger partial charge is 0.338 e. The highest BCUT2D eigenvalue weighted by atomic mass is 16.7. The summed E-state index contributed by atoms with van der Waals surface area (Å²) in [5, 5.41) is 0. The van der Waals surface area contributed by atoms with Gasteiger partial charge in [0.1, 0.15) is 17.7 Å². The molecule has 1 aromatic heterocycles. The highest BCUT2D eigenvalue weighted by Gasteiger charge is 2.72. The zero-order chi connectivity index (χ0) is 44.7. The lowest BCUT2D eigenvalue weighted by Gasteiger charge is -2.73. The van der Waals surface area contributed by atoms with Crippen LogP contribution in [0, 0.1) is 56.7 Å². The molecule has 9 rings (SSSR count). The SMILES string of the molecule is C=C(C)[C@@H]1CC[C@]2(C(=O)N3CCC[C@H]3c3ncc(-c4ccccc4)[nH]3)CC[C@]3(C)[C@H](CC[C@@H]4[C@@]5(C)CC[C@H](OC(=O)c6ccc(OC(C)(C)OC=O)cc6)C(C)(C)[C@@H]5CC[C@]43C)[C@@H]12.